The van der Waals surface area contributed by atoms with Crippen molar-refractivity contribution in [2.75, 3.05) is 0 Å². The Kier molecular flexibility index (Phi) is 7.85. The van der Waals surface area contributed by atoms with Crippen LogP contribution in [0.1, 0.15) is 5.56 Å². The highest BCUT2D eigenvalue weighted by Gasteiger charge is 2.63. The highest BCUT2D eigenvalue weighted by Crippen LogP contribution is 2.47. The molecule has 0 aliphatic heterocycles. The number of benzene rings is 5. The normalized spacial score (nSPS) is 12.4. The molecule has 0 amide bonds. The fraction of sp³-hybridized carbons (Fsp3) is 0.0968. The summed E-state index contributed by atoms with van der Waals surface area (Å²) in [4.78, 5) is 1.40. The van der Waals surface area contributed by atoms with Crippen LogP contribution >= 0.6 is 10.5 Å². The largest absolute Gasteiger partial charge is 0.743 e. The molecule has 0 unspecified atom stereocenters. The van der Waals surface area contributed by atoms with Gasteiger partial charge in [-0.05, 0) is 58.8 Å². The summed E-state index contributed by atoms with van der Waals surface area (Å²) < 4.78 is 89.3. The van der Waals surface area contributed by atoms with Crippen molar-refractivity contribution in [3.63, 3.8) is 0 Å². The first-order valence-electron chi connectivity index (χ1n) is 12.3. The number of thiophene rings is 1. The fourth-order valence-corrected chi connectivity index (χ4v) is 7.14. The van der Waals surface area contributed by atoms with Crippen molar-refractivity contribution in [2.24, 2.45) is 0 Å². The predicted octanol–water partition coefficient (Wildman–Crippen LogP) is 8.82. The van der Waals surface area contributed by atoms with E-state index in [1.54, 1.807) is 30.3 Å². The number of ether oxygens (including phenoxy) is 1. The molecule has 0 fully saturated rings. The molecule has 1 heterocycles. The first-order chi connectivity index (χ1) is 19.5. The molecule has 5 aromatic carbocycles. The van der Waals surface area contributed by atoms with Gasteiger partial charge in [0.05, 0.1) is 6.61 Å². The van der Waals surface area contributed by atoms with Gasteiger partial charge in [0.25, 0.3) is 0 Å². The van der Waals surface area contributed by atoms with E-state index in [-0.39, 0.29) is 16.0 Å². The van der Waals surface area contributed by atoms with Gasteiger partial charge in [-0.15, -0.1) is 0 Å². The van der Waals surface area contributed by atoms with Gasteiger partial charge in [-0.2, -0.15) is 17.6 Å². The van der Waals surface area contributed by atoms with Crippen LogP contribution in [0.2, 0.25) is 0 Å². The van der Waals surface area contributed by atoms with E-state index < -0.39 is 28.1 Å². The van der Waals surface area contributed by atoms with Gasteiger partial charge in [-0.1, -0.05) is 78.9 Å². The zero-order valence-corrected chi connectivity index (χ0v) is 22.8. The molecular formula is C31H22F4O4S2. The molecule has 41 heavy (non-hydrogen) atoms. The second kappa shape index (κ2) is 11.2. The summed E-state index contributed by atoms with van der Waals surface area (Å²) in [7, 11) is -6.50. The van der Waals surface area contributed by atoms with Crippen LogP contribution in [0.15, 0.2) is 121 Å². The fourth-order valence-electron chi connectivity index (χ4n) is 4.40. The average Bonchev–Trinajstić information content (AvgIpc) is 3.31. The molecule has 1 aromatic heterocycles. The lowest BCUT2D eigenvalue weighted by Gasteiger charge is -2.27. The van der Waals surface area contributed by atoms with Crippen molar-refractivity contribution in [3.05, 3.63) is 127 Å². The summed E-state index contributed by atoms with van der Waals surface area (Å²) in [5.74, 6) is 0. The van der Waals surface area contributed by atoms with Gasteiger partial charge in [0, 0.05) is 21.2 Å². The molecule has 0 saturated carbocycles. The molecule has 6 aromatic rings. The second-order valence-electron chi connectivity index (χ2n) is 9.07. The molecule has 0 atom stereocenters. The van der Waals surface area contributed by atoms with Crippen molar-refractivity contribution in [1.29, 1.82) is 0 Å². The maximum absolute atomic E-state index is 13.1. The summed E-state index contributed by atoms with van der Waals surface area (Å²) in [6.45, 7) is -0.983. The lowest BCUT2D eigenvalue weighted by Crippen LogP contribution is -2.48. The maximum Gasteiger partial charge on any atom is 0.434 e. The van der Waals surface area contributed by atoms with Crippen LogP contribution in [-0.4, -0.2) is 24.3 Å². The monoisotopic (exact) mass is 598 g/mol. The van der Waals surface area contributed by atoms with E-state index in [0.717, 1.165) is 5.39 Å². The van der Waals surface area contributed by atoms with Gasteiger partial charge in [0.1, 0.15) is 0 Å². The SMILES string of the molecule is O=S(=O)([O-])C(F)(F)C(F)(F)OCc1ccc2ccccc2c1.c1ccc(-[s+]2c3ccccc3c3ccccc32)cc1. The zero-order chi connectivity index (χ0) is 29.3. The van der Waals surface area contributed by atoms with E-state index >= 15 is 0 Å². The van der Waals surface area contributed by atoms with Crippen molar-refractivity contribution in [2.45, 2.75) is 18.0 Å². The standard InChI is InChI=1S/C18H13S.C13H10F4O4S/c1-2-8-14(9-3-1)19-17-12-6-4-10-15(17)16-11-5-7-13-18(16)19;14-12(15,13(16,17)22(18,19)20)21-8-9-5-6-10-3-1-2-4-11(10)7-9/h1-13H;1-7H,8H2,(H,18,19,20)/q+1;/p-1. The molecule has 0 saturated heterocycles. The molecule has 10 heteroatoms. The second-order valence-corrected chi connectivity index (χ2v) is 12.5. The summed E-state index contributed by atoms with van der Waals surface area (Å²) >= 11 is 0. The Hall–Kier alpha value is -3.83. The first-order valence-corrected chi connectivity index (χ1v) is 14.9. The molecule has 0 N–H and O–H groups in total. The lowest BCUT2D eigenvalue weighted by molar-refractivity contribution is -0.323. The smallest absolute Gasteiger partial charge is 0.434 e. The number of rotatable bonds is 6. The Balaban J connectivity index is 0.000000166. The lowest BCUT2D eigenvalue weighted by atomic mass is 10.1. The number of alkyl halides is 4. The number of hydrogen-bond donors (Lipinski definition) is 0. The molecular weight excluding hydrogens is 576 g/mol. The molecule has 0 radical (unpaired) electrons. The minimum atomic E-state index is -6.56. The van der Waals surface area contributed by atoms with Crippen molar-refractivity contribution in [1.82, 2.24) is 0 Å². The van der Waals surface area contributed by atoms with Crippen LogP contribution in [-0.2, 0) is 21.5 Å². The van der Waals surface area contributed by atoms with Gasteiger partial charge in [0.15, 0.2) is 24.4 Å². The van der Waals surface area contributed by atoms with Gasteiger partial charge >= 0.3 is 11.4 Å². The topological polar surface area (TPSA) is 66.4 Å². The summed E-state index contributed by atoms with van der Waals surface area (Å²) in [6.07, 6.45) is -5.43. The Bertz CT molecular complexity index is 1890. The van der Waals surface area contributed by atoms with E-state index in [4.69, 9.17) is 0 Å². The van der Waals surface area contributed by atoms with Crippen LogP contribution in [0, 0.1) is 0 Å². The van der Waals surface area contributed by atoms with Gasteiger partial charge in [0.2, 0.25) is 0 Å². The predicted molar refractivity (Wildman–Crippen MR) is 154 cm³/mol. The Labute approximate surface area is 236 Å². The minimum Gasteiger partial charge on any atom is -0.743 e. The molecule has 0 aliphatic carbocycles. The third-order valence-corrected chi connectivity index (χ3v) is 9.57. The highest BCUT2D eigenvalue weighted by atomic mass is 32.2. The number of halogens is 4. The third kappa shape index (κ3) is 5.69. The molecule has 210 valence electrons. The Morgan fingerprint density at radius 3 is 1.76 bits per heavy atom. The summed E-state index contributed by atoms with van der Waals surface area (Å²) in [5.41, 5.74) is 0.123. The maximum atomic E-state index is 13.1. The van der Waals surface area contributed by atoms with Crippen LogP contribution < -0.4 is 0 Å². The molecule has 0 aliphatic rings. The molecule has 4 nitrogen and oxygen atoms in total. The summed E-state index contributed by atoms with van der Waals surface area (Å²) in [5, 5.41) is -1.60. The van der Waals surface area contributed by atoms with E-state index in [1.807, 2.05) is 0 Å². The first kappa shape index (κ1) is 28.7. The van der Waals surface area contributed by atoms with E-state index in [9.17, 15) is 30.5 Å². The zero-order valence-electron chi connectivity index (χ0n) is 21.2. The van der Waals surface area contributed by atoms with Crippen LogP contribution in [0.3, 0.4) is 0 Å². The third-order valence-electron chi connectivity index (χ3n) is 6.37. The van der Waals surface area contributed by atoms with Gasteiger partial charge in [-0.25, -0.2) is 8.42 Å². The quantitative estimate of drug-likeness (QED) is 0.109. The van der Waals surface area contributed by atoms with Gasteiger partial charge < -0.3 is 9.29 Å². The van der Waals surface area contributed by atoms with E-state index in [0.29, 0.717) is 5.39 Å². The average molecular weight is 599 g/mol. The van der Waals surface area contributed by atoms with Crippen LogP contribution in [0.5, 0.6) is 0 Å². The number of fused-ring (bicyclic) bond motifs is 4. The highest BCUT2D eigenvalue weighted by molar-refractivity contribution is 7.86. The minimum absolute atomic E-state index is 0.0594. The molecule has 6 rings (SSSR count). The van der Waals surface area contributed by atoms with Gasteiger partial charge in [-0.3, -0.25) is 0 Å². The van der Waals surface area contributed by atoms with Crippen LogP contribution in [0.4, 0.5) is 17.6 Å². The van der Waals surface area contributed by atoms with Crippen molar-refractivity contribution in [3.8, 4) is 4.90 Å². The van der Waals surface area contributed by atoms with Crippen molar-refractivity contribution >= 4 is 51.5 Å². The van der Waals surface area contributed by atoms with Crippen molar-refractivity contribution < 1.29 is 35.3 Å². The molecule has 0 bridgehead atoms. The molecule has 0 spiro atoms. The summed E-state index contributed by atoms with van der Waals surface area (Å²) in [6, 6.07) is 39.6. The Morgan fingerprint density at radius 2 is 1.17 bits per heavy atom. The Morgan fingerprint density at radius 1 is 0.659 bits per heavy atom. The van der Waals surface area contributed by atoms with Crippen LogP contribution in [0.25, 0.3) is 35.8 Å². The number of hydrogen-bond acceptors (Lipinski definition) is 4. The van der Waals surface area contributed by atoms with E-state index in [2.05, 4.69) is 83.6 Å². The van der Waals surface area contributed by atoms with E-state index in [1.165, 1.54) is 37.2 Å².